The lowest BCUT2D eigenvalue weighted by Crippen LogP contribution is -2.46. The molecule has 1 aromatic heterocycles. The molecular weight excluding hydrogens is 414 g/mol. The van der Waals surface area contributed by atoms with Gasteiger partial charge >= 0.3 is 0 Å². The number of benzene rings is 1. The molecule has 3 heterocycles. The van der Waals surface area contributed by atoms with Gasteiger partial charge in [0.25, 0.3) is 0 Å². The van der Waals surface area contributed by atoms with Crippen molar-refractivity contribution in [1.29, 1.82) is 0 Å². The number of nitrogens with one attached hydrogen (secondary N) is 2. The number of hydrogen-bond donors (Lipinski definition) is 2. The molecule has 0 radical (unpaired) electrons. The molecule has 2 N–H and O–H groups in total. The van der Waals surface area contributed by atoms with Crippen LogP contribution in [0, 0.1) is 11.8 Å². The summed E-state index contributed by atoms with van der Waals surface area (Å²) >= 11 is 0. The van der Waals surface area contributed by atoms with Crippen LogP contribution in [-0.2, 0) is 9.59 Å². The van der Waals surface area contributed by atoms with Gasteiger partial charge in [-0.2, -0.15) is 0 Å². The van der Waals surface area contributed by atoms with Gasteiger partial charge in [-0.15, -0.1) is 0 Å². The Morgan fingerprint density at radius 2 is 1.66 bits per heavy atom. The van der Waals surface area contributed by atoms with Crippen molar-refractivity contribution in [2.45, 2.75) is 12.8 Å². The van der Waals surface area contributed by atoms with E-state index in [0.717, 1.165) is 26.2 Å². The van der Waals surface area contributed by atoms with Crippen molar-refractivity contribution in [3.8, 4) is 11.5 Å². The summed E-state index contributed by atoms with van der Waals surface area (Å²) < 4.78 is 5.80. The number of rotatable bonds is 4. The van der Waals surface area contributed by atoms with Gasteiger partial charge in [-0.3, -0.25) is 24.5 Å². The van der Waals surface area contributed by atoms with Gasteiger partial charge in [0.05, 0.1) is 24.2 Å². The molecule has 2 amide bonds. The fourth-order valence-corrected chi connectivity index (χ4v) is 4.38. The van der Waals surface area contributed by atoms with Crippen LogP contribution in [0.2, 0.25) is 0 Å². The topological polar surface area (TPSA) is 131 Å². The second kappa shape index (κ2) is 8.12. The fraction of sp³-hybridized carbons (Fsp3) is 0.364. The van der Waals surface area contributed by atoms with Crippen molar-refractivity contribution in [3.63, 3.8) is 0 Å². The smallest absolute Gasteiger partial charge is 0.230 e. The summed E-state index contributed by atoms with van der Waals surface area (Å²) in [6, 6.07) is 4.64. The third kappa shape index (κ3) is 3.62. The lowest BCUT2D eigenvalue weighted by Gasteiger charge is -2.27. The van der Waals surface area contributed by atoms with E-state index in [0.29, 0.717) is 17.4 Å². The summed E-state index contributed by atoms with van der Waals surface area (Å²) in [5, 5.41) is 5.49. The molecule has 2 fully saturated rings. The van der Waals surface area contributed by atoms with E-state index in [9.17, 15) is 19.2 Å². The zero-order chi connectivity index (χ0) is 22.2. The monoisotopic (exact) mass is 435 g/mol. The summed E-state index contributed by atoms with van der Waals surface area (Å²) in [4.78, 5) is 60.2. The summed E-state index contributed by atoms with van der Waals surface area (Å²) in [6.07, 6.45) is 3.43. The molecule has 1 aliphatic carbocycles. The Labute approximate surface area is 183 Å². The maximum Gasteiger partial charge on any atom is 0.230 e. The Balaban J connectivity index is 1.32. The van der Waals surface area contributed by atoms with E-state index in [-0.39, 0.29) is 29.9 Å². The van der Waals surface area contributed by atoms with Gasteiger partial charge in [0.2, 0.25) is 17.8 Å². The average Bonchev–Trinajstić information content (AvgIpc) is 3.05. The van der Waals surface area contributed by atoms with Gasteiger partial charge < -0.3 is 15.0 Å². The number of Topliss-reactive ketones (excluding diaryl/α,β-unsaturated/α-hetero) is 2. The third-order valence-electron chi connectivity index (χ3n) is 6.02. The Bertz CT molecular complexity index is 1110. The molecule has 2 aromatic rings. The minimum Gasteiger partial charge on any atom is -0.454 e. The minimum atomic E-state index is -1.10. The lowest BCUT2D eigenvalue weighted by atomic mass is 9.82. The van der Waals surface area contributed by atoms with E-state index < -0.39 is 29.3 Å². The highest BCUT2D eigenvalue weighted by molar-refractivity contribution is 6.28. The van der Waals surface area contributed by atoms with Crippen LogP contribution < -0.4 is 20.3 Å². The Kier molecular flexibility index (Phi) is 5.14. The maximum atomic E-state index is 13.0. The standard InChI is InChI=1S/C22H21N5O5/c28-17-4-3-15(21(31)26-17)18-19(29)14-2-1-12(9-16(14)20(18)30)32-13-10-24-22(25-11-13)27-7-5-23-6-8-27/h1-2,9-11,15,18,23H,3-8H2,(H,26,28,31). The van der Waals surface area contributed by atoms with E-state index in [1.54, 1.807) is 18.5 Å². The first kappa shape index (κ1) is 20.3. The first-order valence-electron chi connectivity index (χ1n) is 10.5. The number of aromatic nitrogens is 2. The van der Waals surface area contributed by atoms with Crippen LogP contribution >= 0.6 is 0 Å². The molecular formula is C22H21N5O5. The Hall–Kier alpha value is -3.66. The number of ketones is 2. The van der Waals surface area contributed by atoms with Crippen LogP contribution in [-0.4, -0.2) is 59.5 Å². The highest BCUT2D eigenvalue weighted by atomic mass is 16.5. The number of piperidine rings is 1. The highest BCUT2D eigenvalue weighted by Gasteiger charge is 2.47. The van der Waals surface area contributed by atoms with E-state index in [4.69, 9.17) is 4.74 Å². The van der Waals surface area contributed by atoms with Crippen molar-refractivity contribution in [2.24, 2.45) is 11.8 Å². The molecule has 10 heteroatoms. The highest BCUT2D eigenvalue weighted by Crippen LogP contribution is 2.37. The van der Waals surface area contributed by atoms with Crippen LogP contribution in [0.25, 0.3) is 0 Å². The number of amides is 2. The number of anilines is 1. The molecule has 0 spiro atoms. The normalized spacial score (nSPS) is 23.2. The summed E-state index contributed by atoms with van der Waals surface area (Å²) in [5.41, 5.74) is 0.489. The van der Waals surface area contributed by atoms with Crippen LogP contribution in [0.3, 0.4) is 0 Å². The van der Waals surface area contributed by atoms with Gasteiger partial charge in [-0.1, -0.05) is 0 Å². The zero-order valence-corrected chi connectivity index (χ0v) is 17.2. The second-order valence-electron chi connectivity index (χ2n) is 8.03. The first-order chi connectivity index (χ1) is 15.5. The Morgan fingerprint density at radius 3 is 2.38 bits per heavy atom. The number of carbonyl (C=O) groups is 4. The average molecular weight is 435 g/mol. The molecule has 1 aromatic carbocycles. The number of fused-ring (bicyclic) bond motifs is 1. The van der Waals surface area contributed by atoms with E-state index >= 15 is 0 Å². The zero-order valence-electron chi connectivity index (χ0n) is 17.2. The van der Waals surface area contributed by atoms with Gasteiger partial charge in [0.1, 0.15) is 5.75 Å². The molecule has 0 bridgehead atoms. The van der Waals surface area contributed by atoms with Crippen molar-refractivity contribution in [3.05, 3.63) is 41.7 Å². The number of imide groups is 1. The van der Waals surface area contributed by atoms with Crippen LogP contribution in [0.5, 0.6) is 11.5 Å². The molecule has 5 rings (SSSR count). The van der Waals surface area contributed by atoms with E-state index in [1.165, 1.54) is 12.1 Å². The number of ether oxygens (including phenoxy) is 1. The molecule has 0 saturated carbocycles. The van der Waals surface area contributed by atoms with Crippen LogP contribution in [0.15, 0.2) is 30.6 Å². The van der Waals surface area contributed by atoms with Gasteiger partial charge in [-0.05, 0) is 24.6 Å². The Morgan fingerprint density at radius 1 is 0.938 bits per heavy atom. The van der Waals surface area contributed by atoms with Crippen molar-refractivity contribution >= 4 is 29.3 Å². The molecule has 32 heavy (non-hydrogen) atoms. The molecule has 10 nitrogen and oxygen atoms in total. The number of piperazine rings is 1. The van der Waals surface area contributed by atoms with E-state index in [1.807, 2.05) is 0 Å². The molecule has 2 unspecified atom stereocenters. The van der Waals surface area contributed by atoms with Crippen molar-refractivity contribution < 1.29 is 23.9 Å². The summed E-state index contributed by atoms with van der Waals surface area (Å²) in [7, 11) is 0. The number of carbonyl (C=O) groups excluding carboxylic acids is 4. The predicted molar refractivity (Wildman–Crippen MR) is 112 cm³/mol. The maximum absolute atomic E-state index is 13.0. The van der Waals surface area contributed by atoms with E-state index in [2.05, 4.69) is 25.5 Å². The SMILES string of the molecule is O=C1CCC(C2C(=O)c3ccc(Oc4cnc(N5CCNCC5)nc4)cc3C2=O)C(=O)N1. The summed E-state index contributed by atoms with van der Waals surface area (Å²) in [6.45, 7) is 3.41. The number of hydrogen-bond acceptors (Lipinski definition) is 9. The largest absolute Gasteiger partial charge is 0.454 e. The molecule has 164 valence electrons. The predicted octanol–water partition coefficient (Wildman–Crippen LogP) is 0.726. The van der Waals surface area contributed by atoms with Crippen LogP contribution in [0.4, 0.5) is 5.95 Å². The summed E-state index contributed by atoms with van der Waals surface area (Å²) in [5.74, 6) is -2.31. The minimum absolute atomic E-state index is 0.113. The lowest BCUT2D eigenvalue weighted by molar-refractivity contribution is -0.137. The van der Waals surface area contributed by atoms with Gasteiger partial charge in [-0.25, -0.2) is 9.97 Å². The van der Waals surface area contributed by atoms with Gasteiger partial charge in [0, 0.05) is 43.7 Å². The van der Waals surface area contributed by atoms with Crippen molar-refractivity contribution in [1.82, 2.24) is 20.6 Å². The fourth-order valence-electron chi connectivity index (χ4n) is 4.38. The molecule has 2 aliphatic heterocycles. The quantitative estimate of drug-likeness (QED) is 0.527. The van der Waals surface area contributed by atoms with Crippen molar-refractivity contribution in [2.75, 3.05) is 31.1 Å². The molecule has 2 saturated heterocycles. The third-order valence-corrected chi connectivity index (χ3v) is 6.02. The van der Waals surface area contributed by atoms with Crippen LogP contribution in [0.1, 0.15) is 33.6 Å². The first-order valence-corrected chi connectivity index (χ1v) is 10.5. The van der Waals surface area contributed by atoms with Gasteiger partial charge in [0.15, 0.2) is 17.3 Å². The molecule has 3 aliphatic rings. The number of nitrogens with zero attached hydrogens (tertiary/aromatic N) is 3. The second-order valence-corrected chi connectivity index (χ2v) is 8.03. The molecule has 2 atom stereocenters.